The van der Waals surface area contributed by atoms with Gasteiger partial charge in [0.05, 0.1) is 0 Å². The number of carbonyl (C=O) groups excluding carboxylic acids is 2. The Morgan fingerprint density at radius 2 is 1.56 bits per heavy atom. The SMILES string of the molecule is CC.CC(=O)[C@H]1CCCC(C(=O)C(C)C)C1. The monoisotopic (exact) mass is 226 g/mol. The fourth-order valence-corrected chi connectivity index (χ4v) is 2.29. The van der Waals surface area contributed by atoms with Crippen molar-refractivity contribution in [2.45, 2.75) is 60.3 Å². The van der Waals surface area contributed by atoms with Crippen LogP contribution in [-0.4, -0.2) is 11.6 Å². The van der Waals surface area contributed by atoms with Gasteiger partial charge in [-0.3, -0.25) is 9.59 Å². The molecule has 1 rings (SSSR count). The third-order valence-corrected chi connectivity index (χ3v) is 3.22. The third kappa shape index (κ3) is 4.46. The third-order valence-electron chi connectivity index (χ3n) is 3.22. The number of hydrogen-bond acceptors (Lipinski definition) is 2. The maximum absolute atomic E-state index is 11.8. The molecule has 0 N–H and O–H groups in total. The highest BCUT2D eigenvalue weighted by Crippen LogP contribution is 2.31. The zero-order chi connectivity index (χ0) is 12.7. The Morgan fingerprint density at radius 3 is 2.00 bits per heavy atom. The molecule has 2 heteroatoms. The molecule has 0 spiro atoms. The molecule has 0 saturated heterocycles. The second kappa shape index (κ2) is 7.59. The lowest BCUT2D eigenvalue weighted by molar-refractivity contribution is -0.129. The summed E-state index contributed by atoms with van der Waals surface area (Å²) in [5, 5.41) is 0. The fraction of sp³-hybridized carbons (Fsp3) is 0.857. The van der Waals surface area contributed by atoms with E-state index >= 15 is 0 Å². The number of rotatable bonds is 3. The van der Waals surface area contributed by atoms with Crippen molar-refractivity contribution in [2.75, 3.05) is 0 Å². The van der Waals surface area contributed by atoms with Crippen molar-refractivity contribution in [2.24, 2.45) is 17.8 Å². The van der Waals surface area contributed by atoms with Crippen LogP contribution >= 0.6 is 0 Å². The van der Waals surface area contributed by atoms with Gasteiger partial charge in [-0.15, -0.1) is 0 Å². The first kappa shape index (κ1) is 15.3. The lowest BCUT2D eigenvalue weighted by atomic mass is 9.76. The quantitative estimate of drug-likeness (QED) is 0.736. The predicted octanol–water partition coefficient (Wildman–Crippen LogP) is 3.63. The van der Waals surface area contributed by atoms with Crippen molar-refractivity contribution >= 4 is 11.6 Å². The summed E-state index contributed by atoms with van der Waals surface area (Å²) in [6.45, 7) is 9.53. The van der Waals surface area contributed by atoms with Gasteiger partial charge in [-0.25, -0.2) is 0 Å². The second-order valence-corrected chi connectivity index (χ2v) is 4.73. The summed E-state index contributed by atoms with van der Waals surface area (Å²) in [7, 11) is 0. The Morgan fingerprint density at radius 1 is 1.06 bits per heavy atom. The van der Waals surface area contributed by atoms with Gasteiger partial charge in [0.1, 0.15) is 11.6 Å². The fourth-order valence-electron chi connectivity index (χ4n) is 2.29. The first-order chi connectivity index (χ1) is 7.52. The van der Waals surface area contributed by atoms with Gasteiger partial charge >= 0.3 is 0 Å². The minimum absolute atomic E-state index is 0.116. The lowest BCUT2D eigenvalue weighted by Gasteiger charge is -2.27. The number of ketones is 2. The van der Waals surface area contributed by atoms with Gasteiger partial charge < -0.3 is 0 Å². The average Bonchev–Trinajstić information content (AvgIpc) is 2.30. The van der Waals surface area contributed by atoms with Crippen LogP contribution in [0, 0.1) is 17.8 Å². The van der Waals surface area contributed by atoms with Crippen LogP contribution in [0.15, 0.2) is 0 Å². The van der Waals surface area contributed by atoms with E-state index < -0.39 is 0 Å². The van der Waals surface area contributed by atoms with Gasteiger partial charge in [0, 0.05) is 17.8 Å². The molecule has 0 aromatic carbocycles. The zero-order valence-electron chi connectivity index (χ0n) is 11.4. The molecule has 0 aromatic heterocycles. The number of carbonyl (C=O) groups is 2. The van der Waals surface area contributed by atoms with E-state index in [-0.39, 0.29) is 23.5 Å². The smallest absolute Gasteiger partial charge is 0.138 e. The minimum atomic E-state index is 0.116. The normalized spacial score (nSPS) is 24.6. The summed E-state index contributed by atoms with van der Waals surface area (Å²) in [4.78, 5) is 23.0. The molecule has 1 fully saturated rings. The highest BCUT2D eigenvalue weighted by molar-refractivity contribution is 5.84. The van der Waals surface area contributed by atoms with E-state index in [1.807, 2.05) is 27.7 Å². The van der Waals surface area contributed by atoms with Crippen LogP contribution in [0.25, 0.3) is 0 Å². The molecule has 1 aliphatic rings. The van der Waals surface area contributed by atoms with Crippen LogP contribution in [0.5, 0.6) is 0 Å². The molecule has 2 atom stereocenters. The van der Waals surface area contributed by atoms with Crippen LogP contribution < -0.4 is 0 Å². The van der Waals surface area contributed by atoms with E-state index in [0.717, 1.165) is 25.7 Å². The molecular formula is C14H26O2. The van der Waals surface area contributed by atoms with E-state index in [2.05, 4.69) is 0 Å². The maximum Gasteiger partial charge on any atom is 0.138 e. The Labute approximate surface area is 99.8 Å². The van der Waals surface area contributed by atoms with Crippen LogP contribution in [-0.2, 0) is 9.59 Å². The Bertz CT molecular complexity index is 231. The molecule has 0 aromatic rings. The molecule has 0 aliphatic heterocycles. The molecule has 16 heavy (non-hydrogen) atoms. The maximum atomic E-state index is 11.8. The van der Waals surface area contributed by atoms with Gasteiger partial charge in [-0.2, -0.15) is 0 Å². The van der Waals surface area contributed by atoms with E-state index in [1.165, 1.54) is 0 Å². The van der Waals surface area contributed by atoms with Crippen molar-refractivity contribution in [1.29, 1.82) is 0 Å². The van der Waals surface area contributed by atoms with Crippen LogP contribution in [0.1, 0.15) is 60.3 Å². The molecule has 0 radical (unpaired) electrons. The first-order valence-electron chi connectivity index (χ1n) is 6.56. The highest BCUT2D eigenvalue weighted by atomic mass is 16.1. The molecular weight excluding hydrogens is 200 g/mol. The second-order valence-electron chi connectivity index (χ2n) is 4.73. The van der Waals surface area contributed by atoms with Crippen LogP contribution in [0.2, 0.25) is 0 Å². The van der Waals surface area contributed by atoms with E-state index in [1.54, 1.807) is 6.92 Å². The molecule has 94 valence electrons. The van der Waals surface area contributed by atoms with Crippen molar-refractivity contribution < 1.29 is 9.59 Å². The van der Waals surface area contributed by atoms with E-state index in [4.69, 9.17) is 0 Å². The van der Waals surface area contributed by atoms with E-state index in [9.17, 15) is 9.59 Å². The van der Waals surface area contributed by atoms with Gasteiger partial charge in [-0.1, -0.05) is 34.1 Å². The summed E-state index contributed by atoms with van der Waals surface area (Å²) in [5.41, 5.74) is 0. The Balaban J connectivity index is 0.00000106. The van der Waals surface area contributed by atoms with Crippen LogP contribution in [0.3, 0.4) is 0 Å². The topological polar surface area (TPSA) is 34.1 Å². The Hall–Kier alpha value is -0.660. The molecule has 0 bridgehead atoms. The molecule has 2 nitrogen and oxygen atoms in total. The van der Waals surface area contributed by atoms with Gasteiger partial charge in [0.15, 0.2) is 0 Å². The Kier molecular flexibility index (Phi) is 7.27. The van der Waals surface area contributed by atoms with Gasteiger partial charge in [0.25, 0.3) is 0 Å². The van der Waals surface area contributed by atoms with Crippen molar-refractivity contribution in [3.63, 3.8) is 0 Å². The summed E-state index contributed by atoms with van der Waals surface area (Å²) in [5.74, 6) is 1.02. The van der Waals surface area contributed by atoms with Crippen LogP contribution in [0.4, 0.5) is 0 Å². The summed E-state index contributed by atoms with van der Waals surface area (Å²) < 4.78 is 0. The summed E-state index contributed by atoms with van der Waals surface area (Å²) in [6, 6.07) is 0. The number of hydrogen-bond donors (Lipinski definition) is 0. The van der Waals surface area contributed by atoms with Crippen molar-refractivity contribution in [3.8, 4) is 0 Å². The molecule has 1 aliphatic carbocycles. The highest BCUT2D eigenvalue weighted by Gasteiger charge is 2.30. The molecule has 1 saturated carbocycles. The number of Topliss-reactive ketones (excluding diaryl/α,β-unsaturated/α-hetero) is 2. The van der Waals surface area contributed by atoms with E-state index in [0.29, 0.717) is 5.78 Å². The standard InChI is InChI=1S/C12H20O2.C2H6/c1-8(2)12(14)11-6-4-5-10(7-11)9(3)13;1-2/h8,10-11H,4-7H2,1-3H3;1-2H3/t10-,11?;/m0./s1. The largest absolute Gasteiger partial charge is 0.300 e. The zero-order valence-corrected chi connectivity index (χ0v) is 11.4. The molecule has 0 amide bonds. The van der Waals surface area contributed by atoms with Gasteiger partial charge in [0.2, 0.25) is 0 Å². The first-order valence-corrected chi connectivity index (χ1v) is 6.56. The van der Waals surface area contributed by atoms with Gasteiger partial charge in [-0.05, 0) is 26.2 Å². The summed E-state index contributed by atoms with van der Waals surface area (Å²) >= 11 is 0. The molecule has 0 heterocycles. The minimum Gasteiger partial charge on any atom is -0.300 e. The average molecular weight is 226 g/mol. The molecule has 1 unspecified atom stereocenters. The van der Waals surface area contributed by atoms with Crippen molar-refractivity contribution in [1.82, 2.24) is 0 Å². The lowest BCUT2D eigenvalue weighted by Crippen LogP contribution is -2.28. The van der Waals surface area contributed by atoms with Crippen molar-refractivity contribution in [3.05, 3.63) is 0 Å². The predicted molar refractivity (Wildman–Crippen MR) is 67.3 cm³/mol. The summed E-state index contributed by atoms with van der Waals surface area (Å²) in [6.07, 6.45) is 3.80.